The van der Waals surface area contributed by atoms with Crippen molar-refractivity contribution in [2.24, 2.45) is 17.3 Å². The molecule has 3 fully saturated rings. The Morgan fingerprint density at radius 2 is 2.06 bits per heavy atom. The Morgan fingerprint density at radius 3 is 2.69 bits per heavy atom. The van der Waals surface area contributed by atoms with Crippen molar-refractivity contribution < 1.29 is 4.74 Å². The molecule has 0 amide bonds. The van der Waals surface area contributed by atoms with Crippen LogP contribution in [-0.4, -0.2) is 12.2 Å². The first-order valence-corrected chi connectivity index (χ1v) is 6.85. The standard InChI is InChI=1S/C15H24O/c1-11(2)12-5-8-14(3)6-4-7-15(10-16-15)13(14)9-12/h12-13H,1,4-10H2,2-3H3. The topological polar surface area (TPSA) is 12.5 Å². The van der Waals surface area contributed by atoms with Crippen molar-refractivity contribution >= 4 is 0 Å². The van der Waals surface area contributed by atoms with E-state index < -0.39 is 0 Å². The van der Waals surface area contributed by atoms with E-state index in [2.05, 4.69) is 20.4 Å². The largest absolute Gasteiger partial charge is 0.369 e. The van der Waals surface area contributed by atoms with Crippen molar-refractivity contribution in [1.82, 2.24) is 0 Å². The summed E-state index contributed by atoms with van der Waals surface area (Å²) in [5.74, 6) is 1.57. The Bertz CT molecular complexity index is 315. The Hall–Kier alpha value is -0.300. The number of ether oxygens (including phenoxy) is 1. The zero-order valence-electron chi connectivity index (χ0n) is 10.7. The number of epoxide rings is 1. The Balaban J connectivity index is 1.84. The van der Waals surface area contributed by atoms with Crippen molar-refractivity contribution in [2.75, 3.05) is 6.61 Å². The molecule has 1 saturated heterocycles. The Labute approximate surface area is 99.3 Å². The van der Waals surface area contributed by atoms with Gasteiger partial charge in [-0.3, -0.25) is 0 Å². The van der Waals surface area contributed by atoms with Crippen LogP contribution in [0.4, 0.5) is 0 Å². The summed E-state index contributed by atoms with van der Waals surface area (Å²) in [6.07, 6.45) is 8.21. The van der Waals surface area contributed by atoms with Gasteiger partial charge >= 0.3 is 0 Å². The van der Waals surface area contributed by atoms with E-state index in [9.17, 15) is 0 Å². The zero-order chi connectivity index (χ0) is 11.4. The molecule has 0 aromatic carbocycles. The third kappa shape index (κ3) is 1.48. The molecule has 4 atom stereocenters. The van der Waals surface area contributed by atoms with Gasteiger partial charge < -0.3 is 4.74 Å². The summed E-state index contributed by atoms with van der Waals surface area (Å²) in [4.78, 5) is 0. The molecule has 1 aliphatic heterocycles. The molecular formula is C15H24O. The van der Waals surface area contributed by atoms with Crippen LogP contribution in [0.2, 0.25) is 0 Å². The number of hydrogen-bond donors (Lipinski definition) is 0. The van der Waals surface area contributed by atoms with E-state index in [1.54, 1.807) is 0 Å². The second kappa shape index (κ2) is 3.35. The molecule has 3 rings (SSSR count). The Morgan fingerprint density at radius 1 is 1.31 bits per heavy atom. The van der Waals surface area contributed by atoms with E-state index in [1.807, 2.05) is 0 Å². The Kier molecular flexibility index (Phi) is 2.27. The van der Waals surface area contributed by atoms with Gasteiger partial charge in [0.2, 0.25) is 0 Å². The lowest BCUT2D eigenvalue weighted by molar-refractivity contribution is -0.0179. The predicted molar refractivity (Wildman–Crippen MR) is 66.3 cm³/mol. The summed E-state index contributed by atoms with van der Waals surface area (Å²) in [7, 11) is 0. The minimum absolute atomic E-state index is 0.307. The highest BCUT2D eigenvalue weighted by Crippen LogP contribution is 2.61. The third-order valence-electron chi connectivity index (χ3n) is 5.62. The number of fused-ring (bicyclic) bond motifs is 2. The van der Waals surface area contributed by atoms with E-state index >= 15 is 0 Å². The summed E-state index contributed by atoms with van der Waals surface area (Å²) in [5, 5.41) is 0. The van der Waals surface area contributed by atoms with Crippen LogP contribution >= 0.6 is 0 Å². The average molecular weight is 220 g/mol. The highest BCUT2D eigenvalue weighted by molar-refractivity contribution is 5.12. The van der Waals surface area contributed by atoms with E-state index in [0.29, 0.717) is 11.0 Å². The minimum Gasteiger partial charge on any atom is -0.369 e. The molecule has 2 saturated carbocycles. The van der Waals surface area contributed by atoms with Crippen molar-refractivity contribution in [3.05, 3.63) is 12.2 Å². The van der Waals surface area contributed by atoms with Gasteiger partial charge in [-0.1, -0.05) is 19.1 Å². The molecule has 4 unspecified atom stereocenters. The number of allylic oxidation sites excluding steroid dienone is 1. The van der Waals surface area contributed by atoms with E-state index in [0.717, 1.165) is 18.4 Å². The van der Waals surface area contributed by atoms with Gasteiger partial charge in [0.05, 0.1) is 12.2 Å². The van der Waals surface area contributed by atoms with E-state index in [1.165, 1.54) is 44.1 Å². The first-order valence-electron chi connectivity index (χ1n) is 6.85. The normalized spacial score (nSPS) is 51.1. The summed E-state index contributed by atoms with van der Waals surface area (Å²) in [6, 6.07) is 0. The predicted octanol–water partition coefficient (Wildman–Crippen LogP) is 3.94. The first-order chi connectivity index (χ1) is 7.56. The van der Waals surface area contributed by atoms with Crippen molar-refractivity contribution in [2.45, 2.75) is 58.0 Å². The van der Waals surface area contributed by atoms with Gasteiger partial charge in [-0.2, -0.15) is 0 Å². The monoisotopic (exact) mass is 220 g/mol. The van der Waals surface area contributed by atoms with Gasteiger partial charge in [0.25, 0.3) is 0 Å². The van der Waals surface area contributed by atoms with Gasteiger partial charge in [0.15, 0.2) is 0 Å². The fraction of sp³-hybridized carbons (Fsp3) is 0.867. The molecule has 2 aliphatic carbocycles. The molecule has 90 valence electrons. The van der Waals surface area contributed by atoms with Crippen LogP contribution in [0, 0.1) is 17.3 Å². The molecule has 1 spiro atoms. The molecule has 1 heteroatoms. The van der Waals surface area contributed by atoms with Crippen LogP contribution in [0.3, 0.4) is 0 Å². The van der Waals surface area contributed by atoms with E-state index in [4.69, 9.17) is 4.74 Å². The van der Waals surface area contributed by atoms with Gasteiger partial charge in [-0.15, -0.1) is 0 Å². The van der Waals surface area contributed by atoms with Gasteiger partial charge in [0, 0.05) is 0 Å². The van der Waals surface area contributed by atoms with Crippen LogP contribution in [0.1, 0.15) is 52.4 Å². The van der Waals surface area contributed by atoms with Gasteiger partial charge in [0.1, 0.15) is 0 Å². The molecule has 0 bridgehead atoms. The van der Waals surface area contributed by atoms with Gasteiger partial charge in [-0.05, 0) is 62.7 Å². The zero-order valence-corrected chi connectivity index (χ0v) is 10.7. The molecule has 1 heterocycles. The van der Waals surface area contributed by atoms with Crippen LogP contribution in [0.25, 0.3) is 0 Å². The fourth-order valence-electron chi connectivity index (χ4n) is 4.37. The third-order valence-corrected chi connectivity index (χ3v) is 5.62. The fourth-order valence-corrected chi connectivity index (χ4v) is 4.37. The maximum atomic E-state index is 5.87. The maximum absolute atomic E-state index is 5.87. The number of rotatable bonds is 1. The molecule has 1 nitrogen and oxygen atoms in total. The molecular weight excluding hydrogens is 196 g/mol. The summed E-state index contributed by atoms with van der Waals surface area (Å²) < 4.78 is 5.87. The summed E-state index contributed by atoms with van der Waals surface area (Å²) in [6.45, 7) is 9.92. The summed E-state index contributed by atoms with van der Waals surface area (Å²) in [5.41, 5.74) is 2.27. The average Bonchev–Trinajstić information content (AvgIpc) is 2.98. The molecule has 0 radical (unpaired) electrons. The van der Waals surface area contributed by atoms with Crippen LogP contribution in [-0.2, 0) is 4.74 Å². The quantitative estimate of drug-likeness (QED) is 0.481. The lowest BCUT2D eigenvalue weighted by Gasteiger charge is -2.50. The highest BCUT2D eigenvalue weighted by atomic mass is 16.6. The molecule has 0 N–H and O–H groups in total. The van der Waals surface area contributed by atoms with Crippen molar-refractivity contribution in [1.29, 1.82) is 0 Å². The molecule has 0 aromatic heterocycles. The molecule has 0 aromatic rings. The minimum atomic E-state index is 0.307. The SMILES string of the molecule is C=C(C)C1CCC2(C)CCCC3(CO3)C2C1. The van der Waals surface area contributed by atoms with E-state index in [-0.39, 0.29) is 0 Å². The number of hydrogen-bond acceptors (Lipinski definition) is 1. The highest BCUT2D eigenvalue weighted by Gasteiger charge is 2.60. The smallest absolute Gasteiger partial charge is 0.0949 e. The second-order valence-corrected chi connectivity index (χ2v) is 6.73. The molecule has 3 aliphatic rings. The van der Waals surface area contributed by atoms with Crippen LogP contribution < -0.4 is 0 Å². The summed E-state index contributed by atoms with van der Waals surface area (Å²) >= 11 is 0. The molecule has 16 heavy (non-hydrogen) atoms. The van der Waals surface area contributed by atoms with Crippen molar-refractivity contribution in [3.8, 4) is 0 Å². The second-order valence-electron chi connectivity index (χ2n) is 6.73. The lowest BCUT2D eigenvalue weighted by Crippen LogP contribution is -2.46. The maximum Gasteiger partial charge on any atom is 0.0949 e. The lowest BCUT2D eigenvalue weighted by atomic mass is 9.54. The van der Waals surface area contributed by atoms with Crippen LogP contribution in [0.5, 0.6) is 0 Å². The van der Waals surface area contributed by atoms with Gasteiger partial charge in [-0.25, -0.2) is 0 Å². The first kappa shape index (κ1) is 10.8. The van der Waals surface area contributed by atoms with Crippen LogP contribution in [0.15, 0.2) is 12.2 Å². The van der Waals surface area contributed by atoms with Crippen molar-refractivity contribution in [3.63, 3.8) is 0 Å².